The summed E-state index contributed by atoms with van der Waals surface area (Å²) >= 11 is 1.52. The van der Waals surface area contributed by atoms with E-state index >= 15 is 0 Å². The van der Waals surface area contributed by atoms with Gasteiger partial charge in [0.2, 0.25) is 5.91 Å². The smallest absolute Gasteiger partial charge is 0.410 e. The minimum absolute atomic E-state index is 0.129. The van der Waals surface area contributed by atoms with Crippen molar-refractivity contribution in [2.45, 2.75) is 95.2 Å². The van der Waals surface area contributed by atoms with E-state index in [0.29, 0.717) is 24.9 Å². The number of nitrogens with zero attached hydrogens (tertiary/aromatic N) is 1. The molecule has 0 bridgehead atoms. The lowest BCUT2D eigenvalue weighted by Gasteiger charge is -2.40. The van der Waals surface area contributed by atoms with E-state index in [9.17, 15) is 19.2 Å². The van der Waals surface area contributed by atoms with Crippen LogP contribution >= 0.6 is 11.8 Å². The van der Waals surface area contributed by atoms with Crippen LogP contribution in [-0.4, -0.2) is 77.5 Å². The Morgan fingerprint density at radius 2 is 1.71 bits per heavy atom. The number of nitrogens with one attached hydrogen (secondary N) is 1. The maximum atomic E-state index is 13.3. The standard InChI is InChI=1S/C34H44N2O8S/c1-3-4-5-12-20-45-33-30(42-24(2)37)29(44-32(39)26-16-10-7-11-17-26)21-27(43-33)22-35-31(38)28-18-13-19-36(28)34(40)41-23-25-14-8-6-9-15-25/h6-11,14-17,27-30,33H,3-5,12-13,18-23H2,1-2H3,(H,35,38). The number of likely N-dealkylation sites (tertiary alicyclic amines) is 1. The number of benzene rings is 2. The van der Waals surface area contributed by atoms with Gasteiger partial charge in [-0.1, -0.05) is 74.7 Å². The van der Waals surface area contributed by atoms with Gasteiger partial charge < -0.3 is 24.3 Å². The van der Waals surface area contributed by atoms with Gasteiger partial charge in [-0.3, -0.25) is 14.5 Å². The van der Waals surface area contributed by atoms with Crippen LogP contribution in [0, 0.1) is 0 Å². The van der Waals surface area contributed by atoms with Crippen molar-refractivity contribution < 1.29 is 38.1 Å². The molecule has 2 amide bonds. The minimum Gasteiger partial charge on any atom is -0.455 e. The Balaban J connectivity index is 1.40. The van der Waals surface area contributed by atoms with Crippen LogP contribution in [0.2, 0.25) is 0 Å². The molecule has 2 fully saturated rings. The molecule has 11 heteroatoms. The quantitative estimate of drug-likeness (QED) is 0.162. The van der Waals surface area contributed by atoms with Gasteiger partial charge in [0, 0.05) is 26.4 Å². The van der Waals surface area contributed by atoms with Crippen LogP contribution in [0.25, 0.3) is 0 Å². The zero-order chi connectivity index (χ0) is 32.0. The van der Waals surface area contributed by atoms with Crippen molar-refractivity contribution in [2.24, 2.45) is 0 Å². The monoisotopic (exact) mass is 640 g/mol. The van der Waals surface area contributed by atoms with Crippen LogP contribution < -0.4 is 5.32 Å². The number of carbonyl (C=O) groups is 4. The van der Waals surface area contributed by atoms with E-state index in [0.717, 1.165) is 37.0 Å². The van der Waals surface area contributed by atoms with Crippen LogP contribution in [0.4, 0.5) is 4.79 Å². The predicted molar refractivity (Wildman–Crippen MR) is 170 cm³/mol. The first kappa shape index (κ1) is 34.3. The third-order valence-corrected chi connectivity index (χ3v) is 9.04. The topological polar surface area (TPSA) is 120 Å². The molecule has 45 heavy (non-hydrogen) atoms. The van der Waals surface area contributed by atoms with Crippen molar-refractivity contribution in [1.82, 2.24) is 10.2 Å². The summed E-state index contributed by atoms with van der Waals surface area (Å²) in [4.78, 5) is 52.8. The van der Waals surface area contributed by atoms with E-state index in [1.54, 1.807) is 24.3 Å². The average molecular weight is 641 g/mol. The lowest BCUT2D eigenvalue weighted by molar-refractivity contribution is -0.178. The number of ether oxygens (including phenoxy) is 4. The zero-order valence-electron chi connectivity index (χ0n) is 26.1. The van der Waals surface area contributed by atoms with Crippen LogP contribution in [0.5, 0.6) is 0 Å². The Hall–Kier alpha value is -3.57. The molecule has 10 nitrogen and oxygen atoms in total. The molecule has 4 rings (SSSR count). The molecule has 5 atom stereocenters. The van der Waals surface area contributed by atoms with Gasteiger partial charge in [-0.25, -0.2) is 9.59 Å². The lowest BCUT2D eigenvalue weighted by atomic mass is 10.0. The molecule has 244 valence electrons. The zero-order valence-corrected chi connectivity index (χ0v) is 26.9. The maximum absolute atomic E-state index is 13.3. The summed E-state index contributed by atoms with van der Waals surface area (Å²) in [6.07, 6.45) is 3.11. The summed E-state index contributed by atoms with van der Waals surface area (Å²) in [7, 11) is 0. The molecule has 1 N–H and O–H groups in total. The molecule has 0 radical (unpaired) electrons. The number of rotatable bonds is 14. The van der Waals surface area contributed by atoms with Crippen molar-refractivity contribution in [3.05, 3.63) is 71.8 Å². The third kappa shape index (κ3) is 10.5. The summed E-state index contributed by atoms with van der Waals surface area (Å²) in [5, 5.41) is 2.95. The van der Waals surface area contributed by atoms with Gasteiger partial charge in [-0.15, -0.1) is 11.8 Å². The first-order valence-electron chi connectivity index (χ1n) is 15.8. The summed E-state index contributed by atoms with van der Waals surface area (Å²) in [6, 6.07) is 17.4. The second kappa shape index (κ2) is 17.8. The number of hydrogen-bond donors (Lipinski definition) is 1. The SMILES string of the molecule is CCCCCCSC1OC(CNC(=O)C2CCCN2C(=O)OCc2ccccc2)CC(OC(=O)c2ccccc2)C1OC(C)=O. The summed E-state index contributed by atoms with van der Waals surface area (Å²) < 4.78 is 23.5. The molecule has 2 aromatic rings. The molecule has 0 aliphatic carbocycles. The molecule has 2 aliphatic rings. The van der Waals surface area contributed by atoms with Crippen molar-refractivity contribution in [3.63, 3.8) is 0 Å². The highest BCUT2D eigenvalue weighted by Gasteiger charge is 2.44. The number of unbranched alkanes of at least 4 members (excludes halogenated alkanes) is 3. The van der Waals surface area contributed by atoms with Crippen molar-refractivity contribution in [3.8, 4) is 0 Å². The molecular weight excluding hydrogens is 596 g/mol. The van der Waals surface area contributed by atoms with E-state index in [1.165, 1.54) is 23.6 Å². The van der Waals surface area contributed by atoms with E-state index in [2.05, 4.69) is 12.2 Å². The highest BCUT2D eigenvalue weighted by molar-refractivity contribution is 7.99. The van der Waals surface area contributed by atoms with Crippen molar-refractivity contribution >= 4 is 35.7 Å². The van der Waals surface area contributed by atoms with Gasteiger partial charge in [0.05, 0.1) is 11.7 Å². The molecular formula is C34H44N2O8S. The molecule has 2 heterocycles. The second-order valence-electron chi connectivity index (χ2n) is 11.3. The Morgan fingerprint density at radius 3 is 2.42 bits per heavy atom. The average Bonchev–Trinajstić information content (AvgIpc) is 3.55. The van der Waals surface area contributed by atoms with Gasteiger partial charge in [-0.05, 0) is 42.7 Å². The number of carbonyl (C=O) groups excluding carboxylic acids is 4. The van der Waals surface area contributed by atoms with E-state index in [-0.39, 0.29) is 25.5 Å². The first-order chi connectivity index (χ1) is 21.9. The summed E-state index contributed by atoms with van der Waals surface area (Å²) in [5.74, 6) is -0.530. The Labute approximate surface area is 269 Å². The number of thioether (sulfide) groups is 1. The minimum atomic E-state index is -0.803. The van der Waals surface area contributed by atoms with Crippen LogP contribution in [0.3, 0.4) is 0 Å². The maximum Gasteiger partial charge on any atom is 0.410 e. The fourth-order valence-electron chi connectivity index (χ4n) is 5.50. The predicted octanol–water partition coefficient (Wildman–Crippen LogP) is 5.49. The Kier molecular flexibility index (Phi) is 13.6. The lowest BCUT2D eigenvalue weighted by Crippen LogP contribution is -2.54. The van der Waals surface area contributed by atoms with E-state index < -0.39 is 47.8 Å². The largest absolute Gasteiger partial charge is 0.455 e. The van der Waals surface area contributed by atoms with E-state index in [1.807, 2.05) is 36.4 Å². The third-order valence-electron chi connectivity index (χ3n) is 7.81. The molecule has 0 aromatic heterocycles. The van der Waals surface area contributed by atoms with Crippen molar-refractivity contribution in [2.75, 3.05) is 18.8 Å². The van der Waals surface area contributed by atoms with Crippen LogP contribution in [0.15, 0.2) is 60.7 Å². The Morgan fingerprint density at radius 1 is 0.978 bits per heavy atom. The molecule has 2 saturated heterocycles. The highest BCUT2D eigenvalue weighted by atomic mass is 32.2. The fourth-order valence-corrected chi connectivity index (χ4v) is 6.75. The first-order valence-corrected chi connectivity index (χ1v) is 16.9. The number of esters is 2. The molecule has 0 saturated carbocycles. The van der Waals surface area contributed by atoms with Crippen LogP contribution in [-0.2, 0) is 35.1 Å². The van der Waals surface area contributed by atoms with Gasteiger partial charge in [0.15, 0.2) is 6.10 Å². The molecule has 2 aromatic carbocycles. The normalized spacial score (nSPS) is 22.8. The number of hydrogen-bond acceptors (Lipinski definition) is 9. The molecule has 2 aliphatic heterocycles. The van der Waals surface area contributed by atoms with Gasteiger partial charge >= 0.3 is 18.0 Å². The fraction of sp³-hybridized carbons (Fsp3) is 0.529. The molecule has 0 spiro atoms. The van der Waals surface area contributed by atoms with Crippen molar-refractivity contribution in [1.29, 1.82) is 0 Å². The van der Waals surface area contributed by atoms with Gasteiger partial charge in [-0.2, -0.15) is 0 Å². The molecule has 5 unspecified atom stereocenters. The summed E-state index contributed by atoms with van der Waals surface area (Å²) in [6.45, 7) is 4.18. The number of amides is 2. The Bertz CT molecular complexity index is 1250. The van der Waals surface area contributed by atoms with Gasteiger partial charge in [0.1, 0.15) is 24.2 Å². The highest BCUT2D eigenvalue weighted by Crippen LogP contribution is 2.33. The van der Waals surface area contributed by atoms with Crippen LogP contribution in [0.1, 0.15) is 74.7 Å². The van der Waals surface area contributed by atoms with Gasteiger partial charge in [0.25, 0.3) is 0 Å². The summed E-state index contributed by atoms with van der Waals surface area (Å²) in [5.41, 5.74) is 0.670. The second-order valence-corrected chi connectivity index (χ2v) is 12.5. The van der Waals surface area contributed by atoms with E-state index in [4.69, 9.17) is 18.9 Å².